The van der Waals surface area contributed by atoms with E-state index in [1.54, 1.807) is 0 Å². The van der Waals surface area contributed by atoms with Crippen LogP contribution in [0.4, 0.5) is 0 Å². The molecule has 1 saturated heterocycles. The fraction of sp³-hybridized carbons (Fsp3) is 0.684. The lowest BCUT2D eigenvalue weighted by Crippen LogP contribution is -2.57. The molecule has 4 atom stereocenters. The Morgan fingerprint density at radius 1 is 1.09 bits per heavy atom. The highest BCUT2D eigenvalue weighted by molar-refractivity contribution is 7.80. The molecule has 1 heterocycles. The summed E-state index contributed by atoms with van der Waals surface area (Å²) < 4.78 is 0. The van der Waals surface area contributed by atoms with Crippen LogP contribution in [-0.2, 0) is 24.0 Å². The van der Waals surface area contributed by atoms with E-state index in [9.17, 15) is 29.1 Å². The number of carbonyl (C=O) groups excluding carboxylic acids is 3. The number of carbonyl (C=O) groups is 5. The Morgan fingerprint density at radius 2 is 1.76 bits per heavy atom. The zero-order valence-electron chi connectivity index (χ0n) is 18.7. The van der Waals surface area contributed by atoms with Gasteiger partial charge in [-0.05, 0) is 32.1 Å². The lowest BCUT2D eigenvalue weighted by Gasteiger charge is -2.29. The molecular formula is C19H33N7O7S. The molecule has 0 saturated carbocycles. The molecule has 0 aromatic rings. The standard InChI is InChI=1S/C19H33N7O7S/c20-10(5-6-14(27)28)15(29)25-12(9-34)17(31)26-8-2-4-13(26)16(30)24-11(18(32)33)3-1-7-23-19(21)22/h10-13,34H,1-9,20H2,(H,24,30)(H,25,29)(H,27,28)(H,32,33)(H4,21,22,23)/t10-,11-,12-,13-/m0/s1. The molecule has 14 nitrogen and oxygen atoms in total. The van der Waals surface area contributed by atoms with E-state index in [-0.39, 0.29) is 44.1 Å². The zero-order chi connectivity index (χ0) is 25.8. The first kappa shape index (κ1) is 29.0. The average Bonchev–Trinajstić information content (AvgIpc) is 3.26. The van der Waals surface area contributed by atoms with Crippen molar-refractivity contribution in [1.82, 2.24) is 15.5 Å². The van der Waals surface area contributed by atoms with Gasteiger partial charge >= 0.3 is 11.9 Å². The van der Waals surface area contributed by atoms with Crippen LogP contribution in [0.2, 0.25) is 0 Å². The van der Waals surface area contributed by atoms with Gasteiger partial charge in [0.05, 0.1) is 6.04 Å². The van der Waals surface area contributed by atoms with Gasteiger partial charge in [0.1, 0.15) is 18.1 Å². The predicted molar refractivity (Wildman–Crippen MR) is 125 cm³/mol. The third-order valence-corrected chi connectivity index (χ3v) is 5.57. The number of rotatable bonds is 14. The summed E-state index contributed by atoms with van der Waals surface area (Å²) in [7, 11) is 0. The fourth-order valence-electron chi connectivity index (χ4n) is 3.41. The minimum absolute atomic E-state index is 0.0798. The number of guanidine groups is 1. The smallest absolute Gasteiger partial charge is 0.326 e. The first-order valence-electron chi connectivity index (χ1n) is 10.8. The van der Waals surface area contributed by atoms with Crippen LogP contribution in [0.25, 0.3) is 0 Å². The maximum atomic E-state index is 13.0. The molecule has 0 bridgehead atoms. The van der Waals surface area contributed by atoms with Crippen molar-refractivity contribution < 1.29 is 34.2 Å². The van der Waals surface area contributed by atoms with E-state index in [1.165, 1.54) is 4.90 Å². The zero-order valence-corrected chi connectivity index (χ0v) is 19.6. The molecule has 0 aliphatic carbocycles. The van der Waals surface area contributed by atoms with Crippen molar-refractivity contribution in [3.8, 4) is 0 Å². The Balaban J connectivity index is 2.76. The second kappa shape index (κ2) is 14.2. The number of thiol groups is 1. The molecule has 10 N–H and O–H groups in total. The lowest BCUT2D eigenvalue weighted by atomic mass is 10.1. The molecule has 1 aliphatic heterocycles. The number of hydrogen-bond acceptors (Lipinski definition) is 8. The Kier molecular flexibility index (Phi) is 12.1. The summed E-state index contributed by atoms with van der Waals surface area (Å²) in [6.07, 6.45) is 0.823. The van der Waals surface area contributed by atoms with Crippen LogP contribution < -0.4 is 27.8 Å². The van der Waals surface area contributed by atoms with Crippen molar-refractivity contribution in [1.29, 1.82) is 0 Å². The number of nitrogens with two attached hydrogens (primary N) is 3. The van der Waals surface area contributed by atoms with Crippen LogP contribution in [0.1, 0.15) is 38.5 Å². The molecule has 15 heteroatoms. The first-order chi connectivity index (χ1) is 16.0. The van der Waals surface area contributed by atoms with Crippen LogP contribution in [0.3, 0.4) is 0 Å². The third kappa shape index (κ3) is 9.43. The summed E-state index contributed by atoms with van der Waals surface area (Å²) in [5.41, 5.74) is 16.1. The van der Waals surface area contributed by atoms with Gasteiger partial charge in [-0.3, -0.25) is 24.2 Å². The molecule has 0 unspecified atom stereocenters. The number of aliphatic imine (C=N–C) groups is 1. The predicted octanol–water partition coefficient (Wildman–Crippen LogP) is -2.79. The van der Waals surface area contributed by atoms with Crippen LogP contribution in [0, 0.1) is 0 Å². The van der Waals surface area contributed by atoms with E-state index in [2.05, 4.69) is 28.3 Å². The van der Waals surface area contributed by atoms with Gasteiger partial charge in [-0.2, -0.15) is 12.6 Å². The number of likely N-dealkylation sites (tertiary alicyclic amines) is 1. The summed E-state index contributed by atoms with van der Waals surface area (Å²) in [5, 5.41) is 23.0. The summed E-state index contributed by atoms with van der Waals surface area (Å²) in [6.45, 7) is 0.443. The van der Waals surface area contributed by atoms with Crippen LogP contribution in [-0.4, -0.2) is 93.7 Å². The van der Waals surface area contributed by atoms with Crippen molar-refractivity contribution in [2.24, 2.45) is 22.2 Å². The van der Waals surface area contributed by atoms with Gasteiger partial charge in [-0.1, -0.05) is 0 Å². The summed E-state index contributed by atoms with van der Waals surface area (Å²) in [4.78, 5) is 65.3. The molecule has 1 aliphatic rings. The molecule has 0 radical (unpaired) electrons. The van der Waals surface area contributed by atoms with Gasteiger partial charge in [-0.25, -0.2) is 4.79 Å². The van der Waals surface area contributed by atoms with Crippen molar-refractivity contribution >= 4 is 48.2 Å². The number of amides is 3. The summed E-state index contributed by atoms with van der Waals surface area (Å²) in [5.74, 6) is -4.43. The number of carboxylic acids is 2. The quantitative estimate of drug-likeness (QED) is 0.0524. The number of aliphatic carboxylic acids is 2. The van der Waals surface area contributed by atoms with Gasteiger partial charge in [0.2, 0.25) is 17.7 Å². The van der Waals surface area contributed by atoms with Crippen molar-refractivity contribution in [2.75, 3.05) is 18.8 Å². The number of nitrogens with one attached hydrogen (secondary N) is 2. The largest absolute Gasteiger partial charge is 0.481 e. The molecule has 3 amide bonds. The maximum Gasteiger partial charge on any atom is 0.326 e. The minimum Gasteiger partial charge on any atom is -0.481 e. The molecular weight excluding hydrogens is 470 g/mol. The van der Waals surface area contributed by atoms with E-state index in [4.69, 9.17) is 22.3 Å². The SMILES string of the molecule is NC(N)=NCCC[C@H](NC(=O)[C@@H]1CCCN1C(=O)[C@H](CS)NC(=O)[C@@H](N)CCC(=O)O)C(=O)O. The van der Waals surface area contributed by atoms with Gasteiger partial charge in [-0.15, -0.1) is 0 Å². The number of carboxylic acid groups (broad SMARTS) is 2. The lowest BCUT2D eigenvalue weighted by molar-refractivity contribution is -0.145. The monoisotopic (exact) mass is 503 g/mol. The van der Waals surface area contributed by atoms with Crippen LogP contribution in [0.15, 0.2) is 4.99 Å². The number of hydrogen-bond donors (Lipinski definition) is 8. The fourth-order valence-corrected chi connectivity index (χ4v) is 3.65. The molecule has 0 aromatic carbocycles. The molecule has 0 spiro atoms. The summed E-state index contributed by atoms with van der Waals surface area (Å²) in [6, 6.07) is -4.31. The Bertz CT molecular complexity index is 791. The van der Waals surface area contributed by atoms with Gasteiger partial charge in [0.25, 0.3) is 0 Å². The van der Waals surface area contributed by atoms with E-state index in [0.29, 0.717) is 19.3 Å². The maximum absolute atomic E-state index is 13.0. The molecule has 192 valence electrons. The number of nitrogens with zero attached hydrogens (tertiary/aromatic N) is 2. The molecule has 0 aromatic heterocycles. The highest BCUT2D eigenvalue weighted by Gasteiger charge is 2.38. The van der Waals surface area contributed by atoms with E-state index < -0.39 is 53.8 Å². The van der Waals surface area contributed by atoms with Crippen molar-refractivity contribution in [3.63, 3.8) is 0 Å². The van der Waals surface area contributed by atoms with Gasteiger partial charge in [0.15, 0.2) is 5.96 Å². The molecule has 1 rings (SSSR count). The Morgan fingerprint density at radius 3 is 2.32 bits per heavy atom. The second-order valence-electron chi connectivity index (χ2n) is 7.82. The van der Waals surface area contributed by atoms with Crippen LogP contribution in [0.5, 0.6) is 0 Å². The average molecular weight is 504 g/mol. The van der Waals surface area contributed by atoms with E-state index in [1.807, 2.05) is 0 Å². The highest BCUT2D eigenvalue weighted by atomic mass is 32.1. The van der Waals surface area contributed by atoms with E-state index >= 15 is 0 Å². The van der Waals surface area contributed by atoms with Crippen molar-refractivity contribution in [3.05, 3.63) is 0 Å². The van der Waals surface area contributed by atoms with Crippen molar-refractivity contribution in [2.45, 2.75) is 62.7 Å². The van der Waals surface area contributed by atoms with Gasteiger partial charge < -0.3 is 42.9 Å². The normalized spacial score (nSPS) is 17.8. The first-order valence-corrected chi connectivity index (χ1v) is 11.4. The highest BCUT2D eigenvalue weighted by Crippen LogP contribution is 2.19. The third-order valence-electron chi connectivity index (χ3n) is 5.20. The van der Waals surface area contributed by atoms with Gasteiger partial charge in [0, 0.05) is 25.3 Å². The molecule has 1 fully saturated rings. The van der Waals surface area contributed by atoms with Crippen LogP contribution >= 0.6 is 12.6 Å². The minimum atomic E-state index is -1.23. The Labute approximate surface area is 202 Å². The molecule has 34 heavy (non-hydrogen) atoms. The Hall–Kier alpha value is -3.07. The topological polar surface area (TPSA) is 244 Å². The second-order valence-corrected chi connectivity index (χ2v) is 8.19. The van der Waals surface area contributed by atoms with E-state index in [0.717, 1.165) is 0 Å². The summed E-state index contributed by atoms with van der Waals surface area (Å²) >= 11 is 4.10.